The van der Waals surface area contributed by atoms with Gasteiger partial charge in [-0.3, -0.25) is 0 Å². The first-order valence-corrected chi connectivity index (χ1v) is 4.80. The van der Waals surface area contributed by atoms with Crippen LogP contribution in [0, 0.1) is 6.92 Å². The van der Waals surface area contributed by atoms with Crippen molar-refractivity contribution in [2.24, 2.45) is 5.73 Å². The van der Waals surface area contributed by atoms with Crippen molar-refractivity contribution in [3.05, 3.63) is 29.3 Å². The molecule has 0 aliphatic carbocycles. The highest BCUT2D eigenvalue weighted by Crippen LogP contribution is 2.28. The van der Waals surface area contributed by atoms with Crippen molar-refractivity contribution in [2.45, 2.75) is 32.4 Å². The predicted molar refractivity (Wildman–Crippen MR) is 56.1 cm³/mol. The number of aliphatic hydroxyl groups is 1. The first-order chi connectivity index (χ1) is 6.57. The zero-order chi connectivity index (χ0) is 10.7. The summed E-state index contributed by atoms with van der Waals surface area (Å²) in [5.41, 5.74) is 7.20. The van der Waals surface area contributed by atoms with Crippen LogP contribution in [0.5, 0.6) is 5.75 Å². The van der Waals surface area contributed by atoms with Crippen molar-refractivity contribution >= 4 is 0 Å². The topological polar surface area (TPSA) is 66.5 Å². The monoisotopic (exact) mass is 195 g/mol. The van der Waals surface area contributed by atoms with E-state index in [1.165, 1.54) is 0 Å². The fourth-order valence-corrected chi connectivity index (χ4v) is 1.41. The largest absolute Gasteiger partial charge is 0.507 e. The number of para-hydroxylation sites is 1. The van der Waals surface area contributed by atoms with Crippen LogP contribution in [0.4, 0.5) is 0 Å². The summed E-state index contributed by atoms with van der Waals surface area (Å²) in [6.45, 7) is 3.67. The molecule has 0 bridgehead atoms. The fraction of sp³-hybridized carbons (Fsp3) is 0.455. The van der Waals surface area contributed by atoms with E-state index >= 15 is 0 Å². The number of aliphatic hydroxyl groups excluding tert-OH is 1. The van der Waals surface area contributed by atoms with Crippen molar-refractivity contribution in [2.75, 3.05) is 0 Å². The lowest BCUT2D eigenvalue weighted by molar-refractivity contribution is 0.139. The number of benzene rings is 1. The molecule has 0 heterocycles. The first-order valence-electron chi connectivity index (χ1n) is 4.80. The van der Waals surface area contributed by atoms with Crippen LogP contribution in [0.25, 0.3) is 0 Å². The summed E-state index contributed by atoms with van der Waals surface area (Å²) in [7, 11) is 0. The number of phenolic OH excluding ortho intramolecular Hbond substituents is 1. The van der Waals surface area contributed by atoms with Gasteiger partial charge < -0.3 is 15.9 Å². The second kappa shape index (κ2) is 4.44. The molecular weight excluding hydrogens is 178 g/mol. The van der Waals surface area contributed by atoms with E-state index in [0.29, 0.717) is 12.0 Å². The highest BCUT2D eigenvalue weighted by Gasteiger charge is 2.18. The molecule has 1 aromatic rings. The standard InChI is InChI=1S/C11H17NO2/c1-3-9(13)10(12)8-6-4-5-7(2)11(8)14/h4-6,9-10,13-14H,3,12H2,1-2H3/t9-,10+/m0/s1. The zero-order valence-electron chi connectivity index (χ0n) is 8.57. The van der Waals surface area contributed by atoms with Crippen molar-refractivity contribution in [1.29, 1.82) is 0 Å². The zero-order valence-corrected chi connectivity index (χ0v) is 8.57. The Hall–Kier alpha value is -1.06. The summed E-state index contributed by atoms with van der Waals surface area (Å²) >= 11 is 0. The maximum atomic E-state index is 9.72. The lowest BCUT2D eigenvalue weighted by Crippen LogP contribution is -2.25. The van der Waals surface area contributed by atoms with Gasteiger partial charge in [-0.15, -0.1) is 0 Å². The van der Waals surface area contributed by atoms with Gasteiger partial charge in [-0.2, -0.15) is 0 Å². The van der Waals surface area contributed by atoms with E-state index < -0.39 is 12.1 Å². The van der Waals surface area contributed by atoms with Crippen LogP contribution < -0.4 is 5.73 Å². The lowest BCUT2D eigenvalue weighted by atomic mass is 9.98. The van der Waals surface area contributed by atoms with E-state index in [4.69, 9.17) is 5.73 Å². The Kier molecular flexibility index (Phi) is 3.49. The van der Waals surface area contributed by atoms with E-state index in [2.05, 4.69) is 0 Å². The molecule has 0 spiro atoms. The molecule has 0 aliphatic heterocycles. The summed E-state index contributed by atoms with van der Waals surface area (Å²) in [4.78, 5) is 0. The maximum absolute atomic E-state index is 9.72. The third kappa shape index (κ3) is 2.05. The number of aryl methyl sites for hydroxylation is 1. The van der Waals surface area contributed by atoms with Gasteiger partial charge >= 0.3 is 0 Å². The molecule has 3 heteroatoms. The third-order valence-corrected chi connectivity index (χ3v) is 2.46. The molecular formula is C11H17NO2. The van der Waals surface area contributed by atoms with Gasteiger partial charge in [-0.25, -0.2) is 0 Å². The van der Waals surface area contributed by atoms with E-state index in [1.807, 2.05) is 26.0 Å². The summed E-state index contributed by atoms with van der Waals surface area (Å²) in [6.07, 6.45) is -0.0307. The Labute approximate surface area is 84.2 Å². The Morgan fingerprint density at radius 1 is 1.43 bits per heavy atom. The smallest absolute Gasteiger partial charge is 0.123 e. The van der Waals surface area contributed by atoms with Gasteiger partial charge in [-0.1, -0.05) is 25.1 Å². The quantitative estimate of drug-likeness (QED) is 0.684. The maximum Gasteiger partial charge on any atom is 0.123 e. The Balaban J connectivity index is 3.01. The van der Waals surface area contributed by atoms with Crippen LogP contribution in [0.3, 0.4) is 0 Å². The molecule has 4 N–H and O–H groups in total. The summed E-state index contributed by atoms with van der Waals surface area (Å²) in [5, 5.41) is 19.3. The molecule has 0 fully saturated rings. The molecule has 78 valence electrons. The van der Waals surface area contributed by atoms with Crippen LogP contribution in [0.1, 0.15) is 30.5 Å². The lowest BCUT2D eigenvalue weighted by Gasteiger charge is -2.19. The number of nitrogens with two attached hydrogens (primary N) is 1. The van der Waals surface area contributed by atoms with Gasteiger partial charge in [-0.05, 0) is 18.9 Å². The minimum absolute atomic E-state index is 0.188. The number of hydrogen-bond acceptors (Lipinski definition) is 3. The van der Waals surface area contributed by atoms with E-state index in [-0.39, 0.29) is 5.75 Å². The van der Waals surface area contributed by atoms with Gasteiger partial charge in [0.15, 0.2) is 0 Å². The number of phenols is 1. The van der Waals surface area contributed by atoms with Crippen LogP contribution in [0.2, 0.25) is 0 Å². The molecule has 3 nitrogen and oxygen atoms in total. The minimum Gasteiger partial charge on any atom is -0.507 e. The van der Waals surface area contributed by atoms with Crippen molar-refractivity contribution in [1.82, 2.24) is 0 Å². The second-order valence-corrected chi connectivity index (χ2v) is 3.51. The Morgan fingerprint density at radius 3 is 2.64 bits per heavy atom. The minimum atomic E-state index is -0.609. The number of hydrogen-bond donors (Lipinski definition) is 3. The summed E-state index contributed by atoms with van der Waals surface area (Å²) in [6, 6.07) is 4.86. The van der Waals surface area contributed by atoms with Gasteiger partial charge in [0.25, 0.3) is 0 Å². The summed E-state index contributed by atoms with van der Waals surface area (Å²) < 4.78 is 0. The molecule has 0 radical (unpaired) electrons. The second-order valence-electron chi connectivity index (χ2n) is 3.51. The molecule has 0 amide bonds. The van der Waals surface area contributed by atoms with E-state index in [1.54, 1.807) is 6.07 Å². The predicted octanol–water partition coefficient (Wildman–Crippen LogP) is 1.47. The molecule has 14 heavy (non-hydrogen) atoms. The molecule has 0 unspecified atom stereocenters. The molecule has 0 saturated heterocycles. The first kappa shape index (κ1) is 11.0. The highest BCUT2D eigenvalue weighted by atomic mass is 16.3. The SMILES string of the molecule is CC[C@H](O)[C@H](N)c1cccc(C)c1O. The number of aromatic hydroxyl groups is 1. The Bertz CT molecular complexity index is 312. The number of rotatable bonds is 3. The van der Waals surface area contributed by atoms with Gasteiger partial charge in [0.05, 0.1) is 12.1 Å². The summed E-state index contributed by atoms with van der Waals surface area (Å²) in [5.74, 6) is 0.188. The molecule has 0 saturated carbocycles. The van der Waals surface area contributed by atoms with Gasteiger partial charge in [0, 0.05) is 5.56 Å². The van der Waals surface area contributed by atoms with Crippen molar-refractivity contribution in [3.8, 4) is 5.75 Å². The van der Waals surface area contributed by atoms with E-state index in [9.17, 15) is 10.2 Å². The van der Waals surface area contributed by atoms with Crippen LogP contribution in [-0.2, 0) is 0 Å². The molecule has 2 atom stereocenters. The van der Waals surface area contributed by atoms with E-state index in [0.717, 1.165) is 5.56 Å². The average molecular weight is 195 g/mol. The molecule has 0 aromatic heterocycles. The molecule has 1 aromatic carbocycles. The van der Waals surface area contributed by atoms with Gasteiger partial charge in [0.1, 0.15) is 5.75 Å². The van der Waals surface area contributed by atoms with Crippen LogP contribution >= 0.6 is 0 Å². The van der Waals surface area contributed by atoms with Crippen LogP contribution in [0.15, 0.2) is 18.2 Å². The van der Waals surface area contributed by atoms with Crippen molar-refractivity contribution < 1.29 is 10.2 Å². The Morgan fingerprint density at radius 2 is 2.07 bits per heavy atom. The molecule has 0 aliphatic rings. The van der Waals surface area contributed by atoms with Gasteiger partial charge in [0.2, 0.25) is 0 Å². The molecule has 1 rings (SSSR count). The highest BCUT2D eigenvalue weighted by molar-refractivity contribution is 5.41. The van der Waals surface area contributed by atoms with Crippen molar-refractivity contribution in [3.63, 3.8) is 0 Å². The third-order valence-electron chi connectivity index (χ3n) is 2.46. The van der Waals surface area contributed by atoms with Crippen LogP contribution in [-0.4, -0.2) is 16.3 Å². The fourth-order valence-electron chi connectivity index (χ4n) is 1.41. The average Bonchev–Trinajstić information content (AvgIpc) is 2.20. The normalized spacial score (nSPS) is 15.1.